The van der Waals surface area contributed by atoms with Crippen LogP contribution in [0, 0.1) is 18.7 Å². The molecular weight excluding hydrogens is 365 g/mol. The van der Waals surface area contributed by atoms with E-state index in [0.717, 1.165) is 29.0 Å². The standard InChI is InChI=1S/C17H20FN3O2S.ClH/c1-10-15(12-2-4-13(18)5-3-12)20-17(24-10)21-16(22)14(19)11-6-8-23-9-7-11;/h2-5,11,14H,6-9,19H2,1H3,(H,20,21,22);1H. The van der Waals surface area contributed by atoms with Gasteiger partial charge in [0.1, 0.15) is 5.82 Å². The lowest BCUT2D eigenvalue weighted by molar-refractivity contribution is -0.119. The molecule has 1 aliphatic rings. The van der Waals surface area contributed by atoms with Gasteiger partial charge in [0.15, 0.2) is 5.13 Å². The number of aryl methyl sites for hydroxylation is 1. The second kappa shape index (κ2) is 8.71. The van der Waals surface area contributed by atoms with Crippen molar-refractivity contribution in [2.24, 2.45) is 11.7 Å². The average Bonchev–Trinajstić information content (AvgIpc) is 2.96. The van der Waals surface area contributed by atoms with Crippen LogP contribution in [0.3, 0.4) is 0 Å². The van der Waals surface area contributed by atoms with Gasteiger partial charge in [-0.3, -0.25) is 4.79 Å². The highest BCUT2D eigenvalue weighted by atomic mass is 35.5. The van der Waals surface area contributed by atoms with E-state index < -0.39 is 6.04 Å². The van der Waals surface area contributed by atoms with Crippen molar-refractivity contribution >= 4 is 34.8 Å². The fraction of sp³-hybridized carbons (Fsp3) is 0.412. The fourth-order valence-electron chi connectivity index (χ4n) is 2.80. The molecule has 5 nitrogen and oxygen atoms in total. The molecule has 3 rings (SSSR count). The van der Waals surface area contributed by atoms with E-state index in [4.69, 9.17) is 10.5 Å². The maximum atomic E-state index is 13.0. The molecule has 3 N–H and O–H groups in total. The van der Waals surface area contributed by atoms with E-state index in [0.29, 0.717) is 18.3 Å². The molecule has 1 aliphatic heterocycles. The Bertz CT molecular complexity index is 717. The van der Waals surface area contributed by atoms with Crippen molar-refractivity contribution in [2.45, 2.75) is 25.8 Å². The highest BCUT2D eigenvalue weighted by Gasteiger charge is 2.27. The number of hydrogen-bond acceptors (Lipinski definition) is 5. The van der Waals surface area contributed by atoms with E-state index in [1.807, 2.05) is 6.92 Å². The molecule has 25 heavy (non-hydrogen) atoms. The second-order valence-corrected chi connectivity index (χ2v) is 7.10. The number of ether oxygens (including phenoxy) is 1. The lowest BCUT2D eigenvalue weighted by Gasteiger charge is -2.26. The summed E-state index contributed by atoms with van der Waals surface area (Å²) < 4.78 is 18.3. The molecule has 1 aromatic carbocycles. The summed E-state index contributed by atoms with van der Waals surface area (Å²) in [4.78, 5) is 17.8. The third kappa shape index (κ3) is 4.76. The van der Waals surface area contributed by atoms with Gasteiger partial charge in [-0.15, -0.1) is 23.7 Å². The van der Waals surface area contributed by atoms with Crippen molar-refractivity contribution in [3.63, 3.8) is 0 Å². The number of thiazole rings is 1. The number of rotatable bonds is 4. The van der Waals surface area contributed by atoms with Crippen molar-refractivity contribution in [1.29, 1.82) is 0 Å². The van der Waals surface area contributed by atoms with Crippen LogP contribution in [-0.4, -0.2) is 30.1 Å². The lowest BCUT2D eigenvalue weighted by atomic mass is 9.92. The number of nitrogens with one attached hydrogen (secondary N) is 1. The van der Waals surface area contributed by atoms with Crippen LogP contribution in [0.5, 0.6) is 0 Å². The number of benzene rings is 1. The molecule has 1 amide bonds. The molecule has 2 aromatic rings. The Labute approximate surface area is 156 Å². The van der Waals surface area contributed by atoms with Crippen LogP contribution < -0.4 is 11.1 Å². The van der Waals surface area contributed by atoms with E-state index in [1.165, 1.54) is 23.5 Å². The van der Waals surface area contributed by atoms with E-state index in [9.17, 15) is 9.18 Å². The minimum Gasteiger partial charge on any atom is -0.381 e. The Balaban J connectivity index is 0.00000225. The summed E-state index contributed by atoms with van der Waals surface area (Å²) in [5.41, 5.74) is 7.64. The zero-order valence-electron chi connectivity index (χ0n) is 13.8. The molecule has 1 atom stereocenters. The van der Waals surface area contributed by atoms with Crippen molar-refractivity contribution in [3.05, 3.63) is 35.0 Å². The van der Waals surface area contributed by atoms with Crippen LogP contribution in [0.1, 0.15) is 17.7 Å². The van der Waals surface area contributed by atoms with Crippen LogP contribution in [0.25, 0.3) is 11.3 Å². The van der Waals surface area contributed by atoms with Gasteiger partial charge in [0, 0.05) is 23.7 Å². The molecule has 0 saturated carbocycles. The predicted molar refractivity (Wildman–Crippen MR) is 99.6 cm³/mol. The summed E-state index contributed by atoms with van der Waals surface area (Å²) in [6.07, 6.45) is 1.60. The largest absolute Gasteiger partial charge is 0.381 e. The van der Waals surface area contributed by atoms with Gasteiger partial charge in [-0.2, -0.15) is 0 Å². The van der Waals surface area contributed by atoms with Gasteiger partial charge in [0.2, 0.25) is 5.91 Å². The molecule has 2 heterocycles. The summed E-state index contributed by atoms with van der Waals surface area (Å²) in [6, 6.07) is 5.58. The minimum atomic E-state index is -0.563. The fourth-order valence-corrected chi connectivity index (χ4v) is 3.64. The Morgan fingerprint density at radius 3 is 2.64 bits per heavy atom. The van der Waals surface area contributed by atoms with E-state index in [2.05, 4.69) is 10.3 Å². The maximum Gasteiger partial charge on any atom is 0.243 e. The number of aromatic nitrogens is 1. The van der Waals surface area contributed by atoms with Crippen molar-refractivity contribution < 1.29 is 13.9 Å². The van der Waals surface area contributed by atoms with Crippen molar-refractivity contribution in [2.75, 3.05) is 18.5 Å². The highest BCUT2D eigenvalue weighted by molar-refractivity contribution is 7.16. The first-order valence-electron chi connectivity index (χ1n) is 7.92. The van der Waals surface area contributed by atoms with Crippen LogP contribution >= 0.6 is 23.7 Å². The number of nitrogens with zero attached hydrogens (tertiary/aromatic N) is 1. The first-order valence-corrected chi connectivity index (χ1v) is 8.74. The lowest BCUT2D eigenvalue weighted by Crippen LogP contribution is -2.43. The number of amides is 1. The van der Waals surface area contributed by atoms with Crippen LogP contribution in [0.4, 0.5) is 9.52 Å². The Morgan fingerprint density at radius 2 is 2.00 bits per heavy atom. The maximum absolute atomic E-state index is 13.0. The summed E-state index contributed by atoms with van der Waals surface area (Å²) >= 11 is 1.39. The zero-order valence-corrected chi connectivity index (χ0v) is 15.5. The van der Waals surface area contributed by atoms with Gasteiger partial charge < -0.3 is 15.8 Å². The summed E-state index contributed by atoms with van der Waals surface area (Å²) in [7, 11) is 0. The monoisotopic (exact) mass is 385 g/mol. The molecule has 0 bridgehead atoms. The van der Waals surface area contributed by atoms with Crippen molar-refractivity contribution in [1.82, 2.24) is 4.98 Å². The SMILES string of the molecule is Cc1sc(NC(=O)C(N)C2CCOCC2)nc1-c1ccc(F)cc1.Cl. The van der Waals surface area contributed by atoms with E-state index in [-0.39, 0.29) is 30.0 Å². The molecule has 0 aliphatic carbocycles. The number of carbonyl (C=O) groups is 1. The molecule has 136 valence electrons. The van der Waals surface area contributed by atoms with Gasteiger partial charge in [-0.05, 0) is 49.9 Å². The molecule has 1 fully saturated rings. The Morgan fingerprint density at radius 1 is 1.36 bits per heavy atom. The first kappa shape index (κ1) is 19.8. The smallest absolute Gasteiger partial charge is 0.243 e. The molecule has 0 radical (unpaired) electrons. The Hall–Kier alpha value is -1.54. The third-order valence-corrected chi connectivity index (χ3v) is 5.11. The van der Waals surface area contributed by atoms with Crippen LogP contribution in [0.15, 0.2) is 24.3 Å². The van der Waals surface area contributed by atoms with Gasteiger partial charge in [-0.25, -0.2) is 9.37 Å². The quantitative estimate of drug-likeness (QED) is 0.845. The van der Waals surface area contributed by atoms with Crippen molar-refractivity contribution in [3.8, 4) is 11.3 Å². The number of halogens is 2. The Kier molecular flexibility index (Phi) is 6.89. The zero-order chi connectivity index (χ0) is 17.1. The summed E-state index contributed by atoms with van der Waals surface area (Å²) in [5, 5.41) is 3.32. The van der Waals surface area contributed by atoms with Gasteiger partial charge >= 0.3 is 0 Å². The topological polar surface area (TPSA) is 77.2 Å². The average molecular weight is 386 g/mol. The van der Waals surface area contributed by atoms with Gasteiger partial charge in [0.05, 0.1) is 11.7 Å². The van der Waals surface area contributed by atoms with Crippen LogP contribution in [0.2, 0.25) is 0 Å². The predicted octanol–water partition coefficient (Wildman–Crippen LogP) is 3.37. The number of anilines is 1. The summed E-state index contributed by atoms with van der Waals surface area (Å²) in [6.45, 7) is 3.22. The van der Waals surface area contributed by atoms with E-state index >= 15 is 0 Å². The van der Waals surface area contributed by atoms with Gasteiger partial charge in [-0.1, -0.05) is 0 Å². The molecule has 1 saturated heterocycles. The molecule has 8 heteroatoms. The third-order valence-electron chi connectivity index (χ3n) is 4.22. The highest BCUT2D eigenvalue weighted by Crippen LogP contribution is 2.30. The molecular formula is C17H21ClFN3O2S. The second-order valence-electron chi connectivity index (χ2n) is 5.90. The summed E-state index contributed by atoms with van der Waals surface area (Å²) in [5.74, 6) is -0.375. The molecule has 1 unspecified atom stereocenters. The number of hydrogen-bond donors (Lipinski definition) is 2. The molecule has 0 spiro atoms. The number of nitrogens with two attached hydrogens (primary N) is 1. The normalized spacial score (nSPS) is 16.1. The minimum absolute atomic E-state index is 0. The van der Waals surface area contributed by atoms with E-state index in [1.54, 1.807) is 12.1 Å². The van der Waals surface area contributed by atoms with Gasteiger partial charge in [0.25, 0.3) is 0 Å². The number of carbonyl (C=O) groups excluding carboxylic acids is 1. The first-order chi connectivity index (χ1) is 11.5. The van der Waals surface area contributed by atoms with Crippen LogP contribution in [-0.2, 0) is 9.53 Å². The molecule has 1 aromatic heterocycles.